The van der Waals surface area contributed by atoms with Crippen molar-refractivity contribution in [1.82, 2.24) is 14.9 Å². The van der Waals surface area contributed by atoms with Gasteiger partial charge in [-0.3, -0.25) is 9.69 Å². The number of hydrogen-bond acceptors (Lipinski definition) is 7. The lowest BCUT2D eigenvalue weighted by Crippen LogP contribution is -2.43. The third kappa shape index (κ3) is 4.56. The van der Waals surface area contributed by atoms with Gasteiger partial charge < -0.3 is 20.3 Å². The largest absolute Gasteiger partial charge is 0.378 e. The average molecular weight is 437 g/mol. The number of primary amides is 1. The molecule has 32 heavy (non-hydrogen) atoms. The van der Waals surface area contributed by atoms with Crippen molar-refractivity contribution < 1.29 is 9.53 Å². The van der Waals surface area contributed by atoms with E-state index in [1.807, 2.05) is 0 Å². The zero-order valence-corrected chi connectivity index (χ0v) is 18.6. The van der Waals surface area contributed by atoms with Gasteiger partial charge in [-0.1, -0.05) is 30.3 Å². The quantitative estimate of drug-likeness (QED) is 0.761. The number of aromatic nitrogens is 2. The molecular formula is C24H32N6O2. The Labute approximate surface area is 189 Å². The summed E-state index contributed by atoms with van der Waals surface area (Å²) in [5, 5.41) is 0. The maximum absolute atomic E-state index is 11.9. The molecule has 2 aromatic rings. The van der Waals surface area contributed by atoms with Crippen LogP contribution in [0.25, 0.3) is 0 Å². The molecular weight excluding hydrogens is 404 g/mol. The van der Waals surface area contributed by atoms with Gasteiger partial charge in [-0.05, 0) is 24.8 Å². The molecule has 4 heterocycles. The second-order valence-electron chi connectivity index (χ2n) is 9.01. The average Bonchev–Trinajstić information content (AvgIpc) is 2.84. The van der Waals surface area contributed by atoms with Gasteiger partial charge in [0.05, 0.1) is 24.8 Å². The van der Waals surface area contributed by atoms with Gasteiger partial charge >= 0.3 is 0 Å². The van der Waals surface area contributed by atoms with E-state index in [0.717, 1.165) is 76.0 Å². The number of carbonyl (C=O) groups excluding carboxylic acids is 1. The first-order valence-electron chi connectivity index (χ1n) is 11.7. The number of piperidine rings is 1. The predicted molar refractivity (Wildman–Crippen MR) is 123 cm³/mol. The molecule has 2 fully saturated rings. The Morgan fingerprint density at radius 2 is 1.88 bits per heavy atom. The number of ether oxygens (including phenoxy) is 1. The van der Waals surface area contributed by atoms with E-state index >= 15 is 0 Å². The topological polar surface area (TPSA) is 87.8 Å². The van der Waals surface area contributed by atoms with Gasteiger partial charge in [-0.2, -0.15) is 4.98 Å². The molecule has 0 bridgehead atoms. The number of rotatable bonds is 5. The minimum absolute atomic E-state index is 0.112. The first kappa shape index (κ1) is 21.2. The molecule has 8 heteroatoms. The second kappa shape index (κ2) is 9.42. The highest BCUT2D eigenvalue weighted by Crippen LogP contribution is 2.32. The molecule has 5 rings (SSSR count). The number of nitrogens with two attached hydrogens (primary N) is 1. The van der Waals surface area contributed by atoms with Crippen molar-refractivity contribution in [3.05, 3.63) is 47.2 Å². The Kier molecular flexibility index (Phi) is 6.23. The molecule has 1 atom stereocenters. The molecule has 2 saturated heterocycles. The minimum atomic E-state index is -0.208. The number of benzene rings is 1. The van der Waals surface area contributed by atoms with Crippen molar-refractivity contribution in [3.8, 4) is 0 Å². The molecule has 1 aromatic heterocycles. The molecule has 1 unspecified atom stereocenters. The van der Waals surface area contributed by atoms with Crippen LogP contribution in [0.3, 0.4) is 0 Å². The van der Waals surface area contributed by atoms with E-state index in [2.05, 4.69) is 45.0 Å². The maximum atomic E-state index is 11.9. The molecule has 0 radical (unpaired) electrons. The Bertz CT molecular complexity index is 947. The zero-order chi connectivity index (χ0) is 21.9. The van der Waals surface area contributed by atoms with Crippen LogP contribution < -0.4 is 15.5 Å². The number of hydrogen-bond donors (Lipinski definition) is 1. The summed E-state index contributed by atoms with van der Waals surface area (Å²) < 4.78 is 5.54. The lowest BCUT2D eigenvalue weighted by atomic mass is 9.96. The van der Waals surface area contributed by atoms with Crippen LogP contribution in [0.5, 0.6) is 0 Å². The number of anilines is 2. The van der Waals surface area contributed by atoms with Crippen LogP contribution in [0, 0.1) is 5.92 Å². The summed E-state index contributed by atoms with van der Waals surface area (Å²) in [7, 11) is 0. The summed E-state index contributed by atoms with van der Waals surface area (Å²) in [5.74, 6) is 1.46. The second-order valence-corrected chi connectivity index (χ2v) is 9.01. The number of morpholine rings is 1. The van der Waals surface area contributed by atoms with E-state index in [0.29, 0.717) is 19.8 Å². The fourth-order valence-corrected chi connectivity index (χ4v) is 5.00. The molecule has 1 aromatic carbocycles. The fraction of sp³-hybridized carbons (Fsp3) is 0.542. The monoisotopic (exact) mass is 436 g/mol. The summed E-state index contributed by atoms with van der Waals surface area (Å²) in [5.41, 5.74) is 9.32. The Balaban J connectivity index is 1.45. The Morgan fingerprint density at radius 1 is 1.06 bits per heavy atom. The maximum Gasteiger partial charge on any atom is 0.227 e. The molecule has 3 aliphatic heterocycles. The van der Waals surface area contributed by atoms with Crippen LogP contribution in [-0.4, -0.2) is 66.7 Å². The molecule has 0 spiro atoms. The van der Waals surface area contributed by atoms with Crippen LogP contribution in [0.1, 0.15) is 29.7 Å². The SMILES string of the molecule is NC(=O)C1CCCN(c2nc(N3CCOCC3)nc3c2CCN(Cc2ccccc2)C3)C1. The smallest absolute Gasteiger partial charge is 0.227 e. The molecule has 2 N–H and O–H groups in total. The van der Waals surface area contributed by atoms with Crippen LogP contribution in [-0.2, 0) is 29.0 Å². The highest BCUT2D eigenvalue weighted by molar-refractivity contribution is 5.77. The number of amides is 1. The van der Waals surface area contributed by atoms with Crippen LogP contribution in [0.15, 0.2) is 30.3 Å². The summed E-state index contributed by atoms with van der Waals surface area (Å²) >= 11 is 0. The lowest BCUT2D eigenvalue weighted by molar-refractivity contribution is -0.122. The van der Waals surface area contributed by atoms with E-state index < -0.39 is 0 Å². The third-order valence-electron chi connectivity index (χ3n) is 6.78. The summed E-state index contributed by atoms with van der Waals surface area (Å²) in [4.78, 5) is 28.9. The van der Waals surface area contributed by atoms with Crippen LogP contribution >= 0.6 is 0 Å². The van der Waals surface area contributed by atoms with Crippen molar-refractivity contribution >= 4 is 17.7 Å². The van der Waals surface area contributed by atoms with E-state index in [1.165, 1.54) is 11.1 Å². The van der Waals surface area contributed by atoms with E-state index in [-0.39, 0.29) is 11.8 Å². The van der Waals surface area contributed by atoms with Gasteiger partial charge in [0.25, 0.3) is 0 Å². The molecule has 3 aliphatic rings. The van der Waals surface area contributed by atoms with Crippen molar-refractivity contribution in [2.24, 2.45) is 11.7 Å². The van der Waals surface area contributed by atoms with E-state index in [1.54, 1.807) is 0 Å². The molecule has 0 aliphatic carbocycles. The van der Waals surface area contributed by atoms with Crippen LogP contribution in [0.4, 0.5) is 11.8 Å². The Morgan fingerprint density at radius 3 is 2.66 bits per heavy atom. The van der Waals surface area contributed by atoms with Gasteiger partial charge in [-0.15, -0.1) is 0 Å². The molecule has 0 saturated carbocycles. The van der Waals surface area contributed by atoms with Gasteiger partial charge in [-0.25, -0.2) is 4.98 Å². The highest BCUT2D eigenvalue weighted by atomic mass is 16.5. The first-order valence-corrected chi connectivity index (χ1v) is 11.7. The van der Waals surface area contributed by atoms with Gasteiger partial charge in [0, 0.05) is 51.4 Å². The molecule has 1 amide bonds. The van der Waals surface area contributed by atoms with Gasteiger partial charge in [0.2, 0.25) is 11.9 Å². The van der Waals surface area contributed by atoms with Crippen molar-refractivity contribution in [1.29, 1.82) is 0 Å². The number of nitrogens with zero attached hydrogens (tertiary/aromatic N) is 5. The predicted octanol–water partition coefficient (Wildman–Crippen LogP) is 1.57. The van der Waals surface area contributed by atoms with Crippen LogP contribution in [0.2, 0.25) is 0 Å². The standard InChI is InChI=1S/C24H32N6O2/c25-22(31)19-7-4-9-30(16-19)23-20-8-10-28(15-18-5-2-1-3-6-18)17-21(20)26-24(27-23)29-11-13-32-14-12-29/h1-3,5-6,19H,4,7-17H2,(H2,25,31). The minimum Gasteiger partial charge on any atom is -0.378 e. The number of fused-ring (bicyclic) bond motifs is 1. The van der Waals surface area contributed by atoms with Gasteiger partial charge in [0.1, 0.15) is 5.82 Å². The van der Waals surface area contributed by atoms with Crippen molar-refractivity contribution in [3.63, 3.8) is 0 Å². The summed E-state index contributed by atoms with van der Waals surface area (Å²) in [6.07, 6.45) is 2.73. The third-order valence-corrected chi connectivity index (χ3v) is 6.78. The van der Waals surface area contributed by atoms with Crippen molar-refractivity contribution in [2.75, 3.05) is 55.7 Å². The molecule has 170 valence electrons. The first-order chi connectivity index (χ1) is 15.7. The normalized spacial score (nSPS) is 21.9. The Hall–Kier alpha value is -2.71. The molecule has 8 nitrogen and oxygen atoms in total. The lowest BCUT2D eigenvalue weighted by Gasteiger charge is -2.37. The zero-order valence-electron chi connectivity index (χ0n) is 18.6. The summed E-state index contributed by atoms with van der Waals surface area (Å²) in [6, 6.07) is 10.6. The highest BCUT2D eigenvalue weighted by Gasteiger charge is 2.31. The van der Waals surface area contributed by atoms with Gasteiger partial charge in [0.15, 0.2) is 0 Å². The number of carbonyl (C=O) groups is 1. The fourth-order valence-electron chi connectivity index (χ4n) is 5.00. The van der Waals surface area contributed by atoms with Crippen molar-refractivity contribution in [2.45, 2.75) is 32.4 Å². The van der Waals surface area contributed by atoms with E-state index in [9.17, 15) is 4.79 Å². The van der Waals surface area contributed by atoms with E-state index in [4.69, 9.17) is 20.4 Å². The summed E-state index contributed by atoms with van der Waals surface area (Å²) in [6.45, 7) is 7.25.